The third kappa shape index (κ3) is 84.0. The van der Waals surface area contributed by atoms with Gasteiger partial charge in [-0.2, -0.15) is 15.8 Å². The molecule has 0 aliphatic rings. The number of hydrogen-bond donors (Lipinski definition) is 0. The fraction of sp³-hybridized carbons (Fsp3) is 0.545. The van der Waals surface area contributed by atoms with Crippen molar-refractivity contribution in [3.63, 3.8) is 0 Å². The molecule has 0 amide bonds. The van der Waals surface area contributed by atoms with E-state index in [1.807, 2.05) is 26.8 Å². The average molecular weight is 191 g/mol. The minimum absolute atomic E-state index is 0.153. The summed E-state index contributed by atoms with van der Waals surface area (Å²) < 4.78 is 0. The molecule has 76 valence electrons. The molecule has 0 radical (unpaired) electrons. The minimum Gasteiger partial charge on any atom is -0.199 e. The maximum absolute atomic E-state index is 8.15. The third-order valence-electron chi connectivity index (χ3n) is 0.526. The van der Waals surface area contributed by atoms with E-state index in [1.165, 1.54) is 6.92 Å². The molecule has 14 heavy (non-hydrogen) atoms. The zero-order valence-corrected chi connectivity index (χ0v) is 9.55. The first-order valence-corrected chi connectivity index (χ1v) is 4.02. The van der Waals surface area contributed by atoms with Gasteiger partial charge in [0.1, 0.15) is 0 Å². The van der Waals surface area contributed by atoms with Crippen molar-refractivity contribution in [1.29, 1.82) is 15.8 Å². The van der Waals surface area contributed by atoms with Gasteiger partial charge in [0.2, 0.25) is 0 Å². The topological polar surface area (TPSA) is 71.4 Å². The predicted octanol–water partition coefficient (Wildman–Crippen LogP) is 3.17. The number of rotatable bonds is 0. The molecule has 0 saturated carbocycles. The van der Waals surface area contributed by atoms with Crippen molar-refractivity contribution < 1.29 is 0 Å². The van der Waals surface area contributed by atoms with Gasteiger partial charge in [0.25, 0.3) is 0 Å². The van der Waals surface area contributed by atoms with E-state index in [4.69, 9.17) is 15.8 Å². The van der Waals surface area contributed by atoms with Crippen LogP contribution in [-0.2, 0) is 0 Å². The number of nitriles is 3. The van der Waals surface area contributed by atoms with E-state index < -0.39 is 0 Å². The van der Waals surface area contributed by atoms with Crippen LogP contribution < -0.4 is 0 Å². The number of nitrogens with zero attached hydrogens (tertiary/aromatic N) is 3. The quantitative estimate of drug-likeness (QED) is 0.552. The van der Waals surface area contributed by atoms with Crippen LogP contribution in [0.5, 0.6) is 0 Å². The van der Waals surface area contributed by atoms with Crippen molar-refractivity contribution in [2.45, 2.75) is 34.6 Å². The summed E-state index contributed by atoms with van der Waals surface area (Å²) in [6.45, 7) is 12.1. The molecule has 0 N–H and O–H groups in total. The summed E-state index contributed by atoms with van der Waals surface area (Å²) in [5, 5.41) is 23.3. The molecule has 0 unspecified atom stereocenters. The Morgan fingerprint density at radius 3 is 1.29 bits per heavy atom. The summed E-state index contributed by atoms with van der Waals surface area (Å²) in [6, 6.07) is 5.69. The van der Waals surface area contributed by atoms with Crippen molar-refractivity contribution in [2.75, 3.05) is 0 Å². The molecular formula is C11H17N3. The lowest BCUT2D eigenvalue weighted by Crippen LogP contribution is -1.97. The van der Waals surface area contributed by atoms with Crippen LogP contribution >= 0.6 is 0 Å². The van der Waals surface area contributed by atoms with Gasteiger partial charge < -0.3 is 0 Å². The Morgan fingerprint density at radius 1 is 1.14 bits per heavy atom. The molecule has 0 fully saturated rings. The third-order valence-corrected chi connectivity index (χ3v) is 0.526. The summed E-state index contributed by atoms with van der Waals surface area (Å²) in [6.07, 6.45) is 0. The Kier molecular flexibility index (Phi) is 14.5. The zero-order chi connectivity index (χ0) is 12.2. The van der Waals surface area contributed by atoms with Gasteiger partial charge in [-0.3, -0.25) is 0 Å². The van der Waals surface area contributed by atoms with Gasteiger partial charge in [-0.1, -0.05) is 6.58 Å². The fourth-order valence-electron chi connectivity index (χ4n) is 0. The van der Waals surface area contributed by atoms with Gasteiger partial charge in [-0.15, -0.1) is 0 Å². The summed E-state index contributed by atoms with van der Waals surface area (Å²) in [5.41, 5.74) is 0.407. The fourth-order valence-corrected chi connectivity index (χ4v) is 0. The summed E-state index contributed by atoms with van der Waals surface area (Å²) in [5.74, 6) is 0. The largest absolute Gasteiger partial charge is 0.199 e. The smallest absolute Gasteiger partial charge is 0.0937 e. The van der Waals surface area contributed by atoms with Gasteiger partial charge in [0, 0.05) is 17.9 Å². The summed E-state index contributed by atoms with van der Waals surface area (Å²) in [7, 11) is 0. The predicted molar refractivity (Wildman–Crippen MR) is 56.8 cm³/mol. The monoisotopic (exact) mass is 191 g/mol. The maximum Gasteiger partial charge on any atom is 0.0937 e. The molecule has 0 aromatic heterocycles. The van der Waals surface area contributed by atoms with E-state index in [2.05, 4.69) is 12.6 Å². The Morgan fingerprint density at radius 2 is 1.29 bits per heavy atom. The first kappa shape index (κ1) is 18.1. The lowest BCUT2D eigenvalue weighted by atomic mass is 10.0. The second kappa shape index (κ2) is 11.2. The molecule has 0 aliphatic heterocycles. The molecule has 0 heterocycles. The maximum atomic E-state index is 8.15. The second-order valence-electron chi connectivity index (χ2n) is 3.48. The molecule has 3 heteroatoms. The Balaban J connectivity index is -0.000000138. The number of allylic oxidation sites excluding steroid dienone is 1. The van der Waals surface area contributed by atoms with Gasteiger partial charge in [0.15, 0.2) is 0 Å². The lowest BCUT2D eigenvalue weighted by molar-refractivity contribution is 0.561. The molecule has 0 atom stereocenters. The van der Waals surface area contributed by atoms with Crippen LogP contribution in [0.2, 0.25) is 0 Å². The van der Waals surface area contributed by atoms with Crippen molar-refractivity contribution in [1.82, 2.24) is 0 Å². The molecule has 0 rings (SSSR count). The van der Waals surface area contributed by atoms with Crippen LogP contribution in [0.4, 0.5) is 0 Å². The highest BCUT2D eigenvalue weighted by molar-refractivity contribution is 5.11. The van der Waals surface area contributed by atoms with E-state index in [0.29, 0.717) is 5.57 Å². The summed E-state index contributed by atoms with van der Waals surface area (Å²) in [4.78, 5) is 0. The molecule has 3 nitrogen and oxygen atoms in total. The molecular weight excluding hydrogens is 174 g/mol. The van der Waals surface area contributed by atoms with Crippen LogP contribution in [0.3, 0.4) is 0 Å². The minimum atomic E-state index is -0.153. The van der Waals surface area contributed by atoms with Crippen LogP contribution in [0, 0.1) is 39.4 Å². The second-order valence-corrected chi connectivity index (χ2v) is 3.48. The van der Waals surface area contributed by atoms with Crippen molar-refractivity contribution >= 4 is 0 Å². The van der Waals surface area contributed by atoms with Crippen molar-refractivity contribution in [3.8, 4) is 18.2 Å². The molecule has 0 aromatic carbocycles. The van der Waals surface area contributed by atoms with E-state index in [-0.39, 0.29) is 5.41 Å². The van der Waals surface area contributed by atoms with E-state index >= 15 is 0 Å². The first-order valence-electron chi connectivity index (χ1n) is 4.02. The van der Waals surface area contributed by atoms with Crippen LogP contribution in [0.15, 0.2) is 12.2 Å². The average Bonchev–Trinajstić information content (AvgIpc) is 2.06. The first-order chi connectivity index (χ1) is 6.24. The highest BCUT2D eigenvalue weighted by Crippen LogP contribution is 2.08. The van der Waals surface area contributed by atoms with E-state index in [1.54, 1.807) is 13.0 Å². The zero-order valence-electron chi connectivity index (χ0n) is 9.55. The Hall–Kier alpha value is -1.79. The normalized spacial score (nSPS) is 7.00. The van der Waals surface area contributed by atoms with Crippen molar-refractivity contribution in [3.05, 3.63) is 12.2 Å². The van der Waals surface area contributed by atoms with Gasteiger partial charge in [-0.05, 0) is 27.7 Å². The van der Waals surface area contributed by atoms with Crippen LogP contribution in [0.25, 0.3) is 0 Å². The van der Waals surface area contributed by atoms with Gasteiger partial charge in [0.05, 0.1) is 18.2 Å². The van der Waals surface area contributed by atoms with E-state index in [9.17, 15) is 0 Å². The molecule has 0 saturated heterocycles. The van der Waals surface area contributed by atoms with Gasteiger partial charge in [-0.25, -0.2) is 0 Å². The summed E-state index contributed by atoms with van der Waals surface area (Å²) >= 11 is 0. The highest BCUT2D eigenvalue weighted by Gasteiger charge is 2.04. The standard InChI is InChI=1S/C5H9N.C4H5N.C2H3N/c1-5(2,3)4-6;1-4(2)3-5;1-2-3/h1-3H3;1H2,2H3;1H3. The van der Waals surface area contributed by atoms with Crippen LogP contribution in [-0.4, -0.2) is 0 Å². The molecule has 0 bridgehead atoms. The molecule has 0 aromatic rings. The lowest BCUT2D eigenvalue weighted by Gasteiger charge is -2.01. The molecule has 0 spiro atoms. The number of hydrogen-bond acceptors (Lipinski definition) is 3. The Bertz CT molecular complexity index is 263. The van der Waals surface area contributed by atoms with Crippen LogP contribution in [0.1, 0.15) is 34.6 Å². The molecule has 0 aliphatic carbocycles. The SMILES string of the molecule is C=C(C)C#N.CC#N.CC(C)(C)C#N. The van der Waals surface area contributed by atoms with Crippen molar-refractivity contribution in [2.24, 2.45) is 5.41 Å². The van der Waals surface area contributed by atoms with Gasteiger partial charge >= 0.3 is 0 Å². The Labute approximate surface area is 86.9 Å². The highest BCUT2D eigenvalue weighted by atomic mass is 14.3. The van der Waals surface area contributed by atoms with E-state index in [0.717, 1.165) is 0 Å².